The van der Waals surface area contributed by atoms with E-state index in [1.54, 1.807) is 19.3 Å². The highest BCUT2D eigenvalue weighted by atomic mass is 35.5. The molecule has 1 fully saturated rings. The first-order valence-electron chi connectivity index (χ1n) is 5.65. The van der Waals surface area contributed by atoms with E-state index in [0.29, 0.717) is 10.8 Å². The van der Waals surface area contributed by atoms with Crippen LogP contribution in [0.3, 0.4) is 0 Å². The predicted octanol–water partition coefficient (Wildman–Crippen LogP) is 3.45. The van der Waals surface area contributed by atoms with Gasteiger partial charge in [0.1, 0.15) is 11.3 Å². The first kappa shape index (κ1) is 12.2. The summed E-state index contributed by atoms with van der Waals surface area (Å²) in [6.07, 6.45) is 5.50. The van der Waals surface area contributed by atoms with Gasteiger partial charge >= 0.3 is 0 Å². The molecule has 0 atom stereocenters. The molecule has 0 unspecified atom stereocenters. The number of ether oxygens (including phenoxy) is 1. The number of benzene rings is 1. The fraction of sp³-hybridized carbons (Fsp3) is 0.462. The molecule has 1 aliphatic rings. The molecular formula is C13H14ClNO2. The standard InChI is InChI=1S/C13H14ClNO2/c1-17-12-10(5-4-6-11(12)14)13(15-9-16)7-2-3-8-13/h4-6H,2-3,7-8H2,1H3. The van der Waals surface area contributed by atoms with E-state index < -0.39 is 5.54 Å². The van der Waals surface area contributed by atoms with Crippen LogP contribution in [0.5, 0.6) is 5.75 Å². The third kappa shape index (κ3) is 2.08. The number of aliphatic imine (C=N–C) groups is 1. The summed E-state index contributed by atoms with van der Waals surface area (Å²) in [6.45, 7) is 0. The van der Waals surface area contributed by atoms with Crippen molar-refractivity contribution in [3.8, 4) is 5.75 Å². The third-order valence-corrected chi connectivity index (χ3v) is 3.66. The lowest BCUT2D eigenvalue weighted by atomic mass is 9.88. The van der Waals surface area contributed by atoms with E-state index in [1.807, 2.05) is 12.1 Å². The third-order valence-electron chi connectivity index (χ3n) is 3.36. The van der Waals surface area contributed by atoms with Crippen LogP contribution in [0.4, 0.5) is 0 Å². The molecule has 90 valence electrons. The van der Waals surface area contributed by atoms with Crippen LogP contribution in [0.1, 0.15) is 31.2 Å². The Kier molecular flexibility index (Phi) is 3.51. The molecule has 3 nitrogen and oxygen atoms in total. The van der Waals surface area contributed by atoms with Gasteiger partial charge in [-0.1, -0.05) is 36.6 Å². The topological polar surface area (TPSA) is 38.7 Å². The molecule has 0 heterocycles. The quantitative estimate of drug-likeness (QED) is 0.610. The van der Waals surface area contributed by atoms with Crippen molar-refractivity contribution < 1.29 is 9.53 Å². The molecule has 0 saturated heterocycles. The van der Waals surface area contributed by atoms with Crippen molar-refractivity contribution in [2.45, 2.75) is 31.2 Å². The minimum Gasteiger partial charge on any atom is -0.495 e. The molecule has 2 rings (SSSR count). The monoisotopic (exact) mass is 251 g/mol. The highest BCUT2D eigenvalue weighted by molar-refractivity contribution is 6.32. The largest absolute Gasteiger partial charge is 0.495 e. The summed E-state index contributed by atoms with van der Waals surface area (Å²) in [4.78, 5) is 14.7. The van der Waals surface area contributed by atoms with Gasteiger partial charge in [0.05, 0.1) is 12.1 Å². The fourth-order valence-electron chi connectivity index (χ4n) is 2.57. The molecule has 0 aromatic heterocycles. The summed E-state index contributed by atoms with van der Waals surface area (Å²) in [5, 5.41) is 0.553. The van der Waals surface area contributed by atoms with Gasteiger partial charge in [0.25, 0.3) is 0 Å². The van der Waals surface area contributed by atoms with Crippen molar-refractivity contribution in [1.29, 1.82) is 0 Å². The highest BCUT2D eigenvalue weighted by Crippen LogP contribution is 2.47. The minimum atomic E-state index is -0.488. The molecule has 1 aromatic carbocycles. The maximum absolute atomic E-state index is 10.7. The summed E-state index contributed by atoms with van der Waals surface area (Å²) >= 11 is 6.10. The molecule has 0 spiro atoms. The lowest BCUT2D eigenvalue weighted by molar-refractivity contribution is 0.379. The number of carbonyl (C=O) groups excluding carboxylic acids is 1. The molecule has 1 saturated carbocycles. The van der Waals surface area contributed by atoms with E-state index in [2.05, 4.69) is 4.99 Å². The first-order valence-corrected chi connectivity index (χ1v) is 6.03. The lowest BCUT2D eigenvalue weighted by Gasteiger charge is -2.25. The van der Waals surface area contributed by atoms with Gasteiger partial charge in [0.15, 0.2) is 0 Å². The van der Waals surface area contributed by atoms with E-state index in [-0.39, 0.29) is 0 Å². The van der Waals surface area contributed by atoms with Crippen molar-refractivity contribution in [3.05, 3.63) is 28.8 Å². The van der Waals surface area contributed by atoms with Crippen LogP contribution in [0.2, 0.25) is 5.02 Å². The maximum Gasteiger partial charge on any atom is 0.235 e. The summed E-state index contributed by atoms with van der Waals surface area (Å²) in [7, 11) is 1.58. The van der Waals surface area contributed by atoms with E-state index >= 15 is 0 Å². The Hall–Kier alpha value is -1.31. The summed E-state index contributed by atoms with van der Waals surface area (Å²) in [5.41, 5.74) is 0.409. The molecule has 0 bridgehead atoms. The SMILES string of the molecule is COc1c(Cl)cccc1C1(N=C=O)CCCC1. The van der Waals surface area contributed by atoms with E-state index in [9.17, 15) is 4.79 Å². The van der Waals surface area contributed by atoms with Crippen LogP contribution in [0.15, 0.2) is 23.2 Å². The Balaban J connectivity index is 2.57. The lowest BCUT2D eigenvalue weighted by Crippen LogP contribution is -2.20. The van der Waals surface area contributed by atoms with Gasteiger partial charge < -0.3 is 4.74 Å². The minimum absolute atomic E-state index is 0.488. The zero-order valence-corrected chi connectivity index (χ0v) is 10.5. The molecular weight excluding hydrogens is 238 g/mol. The molecule has 0 radical (unpaired) electrons. The maximum atomic E-state index is 10.7. The van der Waals surface area contributed by atoms with Crippen molar-refractivity contribution in [3.63, 3.8) is 0 Å². The average molecular weight is 252 g/mol. The second-order valence-corrected chi connectivity index (χ2v) is 4.67. The van der Waals surface area contributed by atoms with Crippen LogP contribution in [0, 0.1) is 0 Å². The number of isocyanates is 1. The Bertz CT molecular complexity index is 460. The number of halogens is 1. The normalized spacial score (nSPS) is 17.5. The van der Waals surface area contributed by atoms with Crippen LogP contribution in [0.25, 0.3) is 0 Å². The first-order chi connectivity index (χ1) is 8.23. The van der Waals surface area contributed by atoms with Crippen LogP contribution >= 0.6 is 11.6 Å². The van der Waals surface area contributed by atoms with Gasteiger partial charge in [-0.05, 0) is 18.9 Å². The smallest absolute Gasteiger partial charge is 0.235 e. The summed E-state index contributed by atoms with van der Waals surface area (Å²) < 4.78 is 5.34. The number of nitrogens with zero attached hydrogens (tertiary/aromatic N) is 1. The predicted molar refractivity (Wildman–Crippen MR) is 66.3 cm³/mol. The molecule has 17 heavy (non-hydrogen) atoms. The van der Waals surface area contributed by atoms with Crippen molar-refractivity contribution in [1.82, 2.24) is 0 Å². The van der Waals surface area contributed by atoms with Crippen LogP contribution < -0.4 is 4.74 Å². The van der Waals surface area contributed by atoms with Crippen molar-refractivity contribution >= 4 is 17.7 Å². The van der Waals surface area contributed by atoms with Crippen LogP contribution in [-0.2, 0) is 10.3 Å². The second-order valence-electron chi connectivity index (χ2n) is 4.26. The number of rotatable bonds is 3. The van der Waals surface area contributed by atoms with Gasteiger partial charge in [-0.25, -0.2) is 4.79 Å². The van der Waals surface area contributed by atoms with Gasteiger partial charge in [-0.2, -0.15) is 4.99 Å². The van der Waals surface area contributed by atoms with E-state index in [1.165, 1.54) is 0 Å². The number of hydrogen-bond donors (Lipinski definition) is 0. The Morgan fingerprint density at radius 1 is 1.41 bits per heavy atom. The Labute approximate surface area is 105 Å². The second kappa shape index (κ2) is 4.91. The number of para-hydroxylation sites is 1. The summed E-state index contributed by atoms with van der Waals surface area (Å²) in [5.74, 6) is 0.620. The average Bonchev–Trinajstić information content (AvgIpc) is 2.79. The number of methoxy groups -OCH3 is 1. The zero-order valence-electron chi connectivity index (χ0n) is 9.70. The Morgan fingerprint density at radius 3 is 2.71 bits per heavy atom. The molecule has 4 heteroatoms. The van der Waals surface area contributed by atoms with E-state index in [0.717, 1.165) is 31.2 Å². The molecule has 1 aromatic rings. The Morgan fingerprint density at radius 2 is 2.12 bits per heavy atom. The van der Waals surface area contributed by atoms with Crippen molar-refractivity contribution in [2.24, 2.45) is 4.99 Å². The summed E-state index contributed by atoms with van der Waals surface area (Å²) in [6, 6.07) is 5.56. The van der Waals surface area contributed by atoms with Gasteiger partial charge in [-0.3, -0.25) is 0 Å². The molecule has 0 aliphatic heterocycles. The molecule has 1 aliphatic carbocycles. The van der Waals surface area contributed by atoms with Gasteiger partial charge in [0, 0.05) is 5.56 Å². The van der Waals surface area contributed by atoms with Gasteiger partial charge in [0.2, 0.25) is 6.08 Å². The fourth-order valence-corrected chi connectivity index (χ4v) is 2.82. The van der Waals surface area contributed by atoms with Crippen molar-refractivity contribution in [2.75, 3.05) is 7.11 Å². The number of hydrogen-bond acceptors (Lipinski definition) is 3. The van der Waals surface area contributed by atoms with E-state index in [4.69, 9.17) is 16.3 Å². The molecule has 0 N–H and O–H groups in total. The highest BCUT2D eigenvalue weighted by Gasteiger charge is 2.38. The zero-order chi connectivity index (χ0) is 12.3. The van der Waals surface area contributed by atoms with Gasteiger partial charge in [-0.15, -0.1) is 0 Å². The molecule has 0 amide bonds. The van der Waals surface area contributed by atoms with Crippen LogP contribution in [-0.4, -0.2) is 13.2 Å².